The summed E-state index contributed by atoms with van der Waals surface area (Å²) in [5.74, 6) is -0.721. The van der Waals surface area contributed by atoms with E-state index in [4.69, 9.17) is 4.74 Å². The Morgan fingerprint density at radius 3 is 2.71 bits per heavy atom. The molecule has 5 nitrogen and oxygen atoms in total. The molecule has 1 aliphatic heterocycles. The smallest absolute Gasteiger partial charge is 0.323 e. The monoisotopic (exact) mass is 298 g/mol. The summed E-state index contributed by atoms with van der Waals surface area (Å²) in [6.45, 7) is 9.83. The lowest BCUT2D eigenvalue weighted by Crippen LogP contribution is -2.53. The first kappa shape index (κ1) is 16.7. The van der Waals surface area contributed by atoms with Crippen molar-refractivity contribution < 1.29 is 14.6 Å². The number of hydrogen-bond acceptors (Lipinski definition) is 4. The van der Waals surface area contributed by atoms with Crippen molar-refractivity contribution in [1.82, 2.24) is 10.2 Å². The molecule has 0 radical (unpaired) electrons. The van der Waals surface area contributed by atoms with E-state index < -0.39 is 11.5 Å². The van der Waals surface area contributed by atoms with E-state index in [2.05, 4.69) is 24.1 Å². The van der Waals surface area contributed by atoms with Gasteiger partial charge in [-0.2, -0.15) is 0 Å². The van der Waals surface area contributed by atoms with Crippen molar-refractivity contribution in [2.24, 2.45) is 0 Å². The molecular formula is C16H30N2O3. The number of carboxylic acids is 1. The molecule has 1 unspecified atom stereocenters. The molecular weight excluding hydrogens is 268 g/mol. The van der Waals surface area contributed by atoms with Crippen LogP contribution in [-0.4, -0.2) is 59.4 Å². The van der Waals surface area contributed by atoms with Gasteiger partial charge in [0, 0.05) is 18.1 Å². The third-order valence-corrected chi connectivity index (χ3v) is 4.74. The second-order valence-electron chi connectivity index (χ2n) is 7.37. The van der Waals surface area contributed by atoms with Crippen molar-refractivity contribution in [2.45, 2.75) is 70.0 Å². The first-order chi connectivity index (χ1) is 9.83. The van der Waals surface area contributed by atoms with Crippen molar-refractivity contribution in [2.75, 3.05) is 26.3 Å². The van der Waals surface area contributed by atoms with Crippen molar-refractivity contribution in [1.29, 1.82) is 0 Å². The van der Waals surface area contributed by atoms with Gasteiger partial charge in [0.25, 0.3) is 0 Å². The molecule has 0 bridgehead atoms. The van der Waals surface area contributed by atoms with Crippen LogP contribution in [0.3, 0.4) is 0 Å². The van der Waals surface area contributed by atoms with Crippen LogP contribution in [-0.2, 0) is 9.53 Å². The fourth-order valence-electron chi connectivity index (χ4n) is 3.01. The molecule has 5 heteroatoms. The van der Waals surface area contributed by atoms with E-state index >= 15 is 0 Å². The van der Waals surface area contributed by atoms with Gasteiger partial charge in [0.15, 0.2) is 0 Å². The van der Waals surface area contributed by atoms with Gasteiger partial charge in [-0.05, 0) is 59.4 Å². The highest BCUT2D eigenvalue weighted by molar-refractivity contribution is 5.78. The molecule has 2 aliphatic rings. The Morgan fingerprint density at radius 2 is 2.14 bits per heavy atom. The summed E-state index contributed by atoms with van der Waals surface area (Å²) in [6.07, 6.45) is 4.91. The van der Waals surface area contributed by atoms with Crippen LogP contribution in [0.1, 0.15) is 52.9 Å². The van der Waals surface area contributed by atoms with Crippen LogP contribution in [0, 0.1) is 0 Å². The first-order valence-corrected chi connectivity index (χ1v) is 8.17. The molecule has 21 heavy (non-hydrogen) atoms. The maximum Gasteiger partial charge on any atom is 0.323 e. The molecule has 2 fully saturated rings. The number of rotatable bonds is 8. The van der Waals surface area contributed by atoms with Crippen molar-refractivity contribution in [3.8, 4) is 0 Å². The molecule has 1 atom stereocenters. The topological polar surface area (TPSA) is 61.8 Å². The number of nitrogens with one attached hydrogen (secondary N) is 1. The molecule has 1 saturated carbocycles. The lowest BCUT2D eigenvalue weighted by Gasteiger charge is -2.42. The minimum Gasteiger partial charge on any atom is -0.480 e. The summed E-state index contributed by atoms with van der Waals surface area (Å²) in [5, 5.41) is 12.7. The minimum atomic E-state index is -0.762. The van der Waals surface area contributed by atoms with Crippen molar-refractivity contribution in [3.05, 3.63) is 0 Å². The molecule has 122 valence electrons. The normalized spacial score (nSPS) is 25.5. The largest absolute Gasteiger partial charge is 0.480 e. The van der Waals surface area contributed by atoms with Crippen LogP contribution in [0.15, 0.2) is 0 Å². The van der Waals surface area contributed by atoms with Gasteiger partial charge in [-0.25, -0.2) is 0 Å². The maximum absolute atomic E-state index is 11.5. The van der Waals surface area contributed by atoms with Crippen LogP contribution in [0.2, 0.25) is 0 Å². The van der Waals surface area contributed by atoms with Gasteiger partial charge in [0.1, 0.15) is 5.54 Å². The summed E-state index contributed by atoms with van der Waals surface area (Å²) in [7, 11) is 0. The Bertz CT molecular complexity index is 369. The highest BCUT2D eigenvalue weighted by Gasteiger charge is 2.38. The SMILES string of the molecule is CC(CCCCN1CCOCC1(C)C)(NC1CC1)C(=O)O. The summed E-state index contributed by atoms with van der Waals surface area (Å²) in [6, 6.07) is 0.421. The van der Waals surface area contributed by atoms with Gasteiger partial charge < -0.3 is 9.84 Å². The number of morpholine rings is 1. The van der Waals surface area contributed by atoms with Crippen molar-refractivity contribution >= 4 is 5.97 Å². The standard InChI is InChI=1S/C16H30N2O3/c1-15(2)12-21-11-10-18(15)9-5-4-8-16(3,14(19)20)17-13-6-7-13/h13,17H,4-12H2,1-3H3,(H,19,20). The molecule has 2 rings (SSSR count). The van der Waals surface area contributed by atoms with E-state index in [0.717, 1.165) is 52.0 Å². The minimum absolute atomic E-state index is 0.0978. The zero-order chi connectivity index (χ0) is 15.5. The average Bonchev–Trinajstić information content (AvgIpc) is 3.19. The zero-order valence-corrected chi connectivity index (χ0v) is 13.7. The molecule has 0 amide bonds. The summed E-state index contributed by atoms with van der Waals surface area (Å²) < 4.78 is 5.53. The lowest BCUT2D eigenvalue weighted by atomic mass is 9.94. The van der Waals surface area contributed by atoms with Gasteiger partial charge in [0.05, 0.1) is 13.2 Å². The third kappa shape index (κ3) is 4.66. The summed E-state index contributed by atoms with van der Waals surface area (Å²) >= 11 is 0. The van der Waals surface area contributed by atoms with E-state index in [-0.39, 0.29) is 5.54 Å². The van der Waals surface area contributed by atoms with Gasteiger partial charge in [-0.3, -0.25) is 15.0 Å². The maximum atomic E-state index is 11.5. The van der Waals surface area contributed by atoms with E-state index in [1.807, 2.05) is 6.92 Å². The Kier molecular flexibility index (Phi) is 5.28. The Morgan fingerprint density at radius 1 is 1.43 bits per heavy atom. The molecule has 0 aromatic rings. The number of ether oxygens (including phenoxy) is 1. The van der Waals surface area contributed by atoms with E-state index in [1.165, 1.54) is 0 Å². The van der Waals surface area contributed by atoms with E-state index in [0.29, 0.717) is 12.5 Å². The Hall–Kier alpha value is -0.650. The molecule has 0 spiro atoms. The quantitative estimate of drug-likeness (QED) is 0.670. The molecule has 2 N–H and O–H groups in total. The molecule has 0 aromatic carbocycles. The average molecular weight is 298 g/mol. The van der Waals surface area contributed by atoms with Gasteiger partial charge in [0.2, 0.25) is 0 Å². The fraction of sp³-hybridized carbons (Fsp3) is 0.938. The van der Waals surface area contributed by atoms with Crippen LogP contribution >= 0.6 is 0 Å². The van der Waals surface area contributed by atoms with Crippen molar-refractivity contribution in [3.63, 3.8) is 0 Å². The van der Waals surface area contributed by atoms with E-state index in [9.17, 15) is 9.90 Å². The number of aliphatic carboxylic acids is 1. The summed E-state index contributed by atoms with van der Waals surface area (Å²) in [5.41, 5.74) is -0.664. The molecule has 1 aliphatic carbocycles. The third-order valence-electron chi connectivity index (χ3n) is 4.74. The summed E-state index contributed by atoms with van der Waals surface area (Å²) in [4.78, 5) is 14.0. The zero-order valence-electron chi connectivity index (χ0n) is 13.7. The van der Waals surface area contributed by atoms with E-state index in [1.54, 1.807) is 0 Å². The van der Waals surface area contributed by atoms with Gasteiger partial charge >= 0.3 is 5.97 Å². The Balaban J connectivity index is 1.73. The number of carbonyl (C=O) groups is 1. The molecule has 1 saturated heterocycles. The first-order valence-electron chi connectivity index (χ1n) is 8.17. The molecule has 0 aromatic heterocycles. The van der Waals surface area contributed by atoms with Crippen LogP contribution in [0.25, 0.3) is 0 Å². The highest BCUT2D eigenvalue weighted by Crippen LogP contribution is 2.26. The predicted octanol–water partition coefficient (Wildman–Crippen LogP) is 1.86. The fourth-order valence-corrected chi connectivity index (χ4v) is 3.01. The van der Waals surface area contributed by atoms with Crippen LogP contribution < -0.4 is 5.32 Å². The Labute approximate surface area is 128 Å². The lowest BCUT2D eigenvalue weighted by molar-refractivity contribution is -0.144. The number of nitrogens with zero attached hydrogens (tertiary/aromatic N) is 1. The second kappa shape index (κ2) is 6.63. The van der Waals surface area contributed by atoms with Gasteiger partial charge in [-0.15, -0.1) is 0 Å². The second-order valence-corrected chi connectivity index (χ2v) is 7.37. The number of hydrogen-bond donors (Lipinski definition) is 2. The predicted molar refractivity (Wildman–Crippen MR) is 82.5 cm³/mol. The number of carboxylic acid groups (broad SMARTS) is 1. The number of unbranched alkanes of at least 4 members (excludes halogenated alkanes) is 1. The highest BCUT2D eigenvalue weighted by atomic mass is 16.5. The van der Waals surface area contributed by atoms with Crippen LogP contribution in [0.5, 0.6) is 0 Å². The van der Waals surface area contributed by atoms with Crippen LogP contribution in [0.4, 0.5) is 0 Å². The molecule has 1 heterocycles. The van der Waals surface area contributed by atoms with Gasteiger partial charge in [-0.1, -0.05) is 0 Å².